The predicted octanol–water partition coefficient (Wildman–Crippen LogP) is 3.43. The summed E-state index contributed by atoms with van der Waals surface area (Å²) in [4.78, 5) is 25.3. The van der Waals surface area contributed by atoms with Gasteiger partial charge in [0, 0.05) is 26.1 Å². The fourth-order valence-corrected chi connectivity index (χ4v) is 4.39. The first-order valence-corrected chi connectivity index (χ1v) is 10.3. The van der Waals surface area contributed by atoms with Gasteiger partial charge >= 0.3 is 0 Å². The van der Waals surface area contributed by atoms with Gasteiger partial charge in [-0.1, -0.05) is 0 Å². The number of piperidine rings is 1. The molecular weight excluding hydrogens is 368 g/mol. The second kappa shape index (κ2) is 8.78. The Bertz CT molecular complexity index is 834. The average molecular weight is 396 g/mol. The van der Waals surface area contributed by atoms with E-state index in [1.807, 2.05) is 35.4 Å². The molecule has 7 nitrogen and oxygen atoms in total. The number of nitrogens with zero attached hydrogens (tertiary/aromatic N) is 4. The first-order chi connectivity index (χ1) is 14.1. The van der Waals surface area contributed by atoms with Crippen LogP contribution in [0.1, 0.15) is 44.3 Å². The number of amides is 1. The molecule has 0 saturated carbocycles. The van der Waals surface area contributed by atoms with E-state index in [0.717, 1.165) is 56.8 Å². The van der Waals surface area contributed by atoms with Crippen molar-refractivity contribution in [2.45, 2.75) is 44.7 Å². The van der Waals surface area contributed by atoms with Crippen molar-refractivity contribution in [1.82, 2.24) is 19.8 Å². The Morgan fingerprint density at radius 3 is 2.45 bits per heavy atom. The molecule has 1 aromatic heterocycles. The number of aromatic nitrogens is 2. The van der Waals surface area contributed by atoms with Crippen LogP contribution in [0.3, 0.4) is 0 Å². The lowest BCUT2D eigenvalue weighted by molar-refractivity contribution is -0.130. The molecule has 1 amide bonds. The number of hydrogen-bond acceptors (Lipinski definition) is 6. The van der Waals surface area contributed by atoms with Gasteiger partial charge in [-0.05, 0) is 56.5 Å². The molecule has 4 rings (SSSR count). The summed E-state index contributed by atoms with van der Waals surface area (Å²) in [6, 6.07) is 8.19. The van der Waals surface area contributed by atoms with Gasteiger partial charge < -0.3 is 14.4 Å². The van der Waals surface area contributed by atoms with Gasteiger partial charge in [-0.15, -0.1) is 0 Å². The van der Waals surface area contributed by atoms with Crippen LogP contribution in [0.4, 0.5) is 0 Å². The fourth-order valence-electron chi connectivity index (χ4n) is 4.39. The van der Waals surface area contributed by atoms with Crippen molar-refractivity contribution in [1.29, 1.82) is 0 Å². The van der Waals surface area contributed by atoms with Crippen molar-refractivity contribution in [3.63, 3.8) is 0 Å². The Kier molecular flexibility index (Phi) is 5.94. The third-order valence-electron chi connectivity index (χ3n) is 5.93. The molecule has 154 valence electrons. The Balaban J connectivity index is 1.44. The first kappa shape index (κ1) is 19.6. The molecule has 29 heavy (non-hydrogen) atoms. The largest absolute Gasteiger partial charge is 0.497 e. The molecule has 0 spiro atoms. The predicted molar refractivity (Wildman–Crippen MR) is 109 cm³/mol. The summed E-state index contributed by atoms with van der Waals surface area (Å²) in [7, 11) is 1.64. The smallest absolute Gasteiger partial charge is 0.238 e. The van der Waals surface area contributed by atoms with E-state index in [1.165, 1.54) is 0 Å². The highest BCUT2D eigenvalue weighted by Crippen LogP contribution is 2.36. The van der Waals surface area contributed by atoms with Crippen LogP contribution in [-0.2, 0) is 4.79 Å². The zero-order valence-corrected chi connectivity index (χ0v) is 17.1. The maximum atomic E-state index is 11.6. The number of carbonyl (C=O) groups is 1. The van der Waals surface area contributed by atoms with E-state index in [1.54, 1.807) is 20.2 Å². The summed E-state index contributed by atoms with van der Waals surface area (Å²) in [5, 5.41) is 0. The van der Waals surface area contributed by atoms with Gasteiger partial charge in [-0.25, -0.2) is 4.98 Å². The van der Waals surface area contributed by atoms with Crippen LogP contribution in [-0.4, -0.2) is 58.5 Å². The van der Waals surface area contributed by atoms with Crippen LogP contribution >= 0.6 is 0 Å². The minimum Gasteiger partial charge on any atom is -0.497 e. The Labute approximate surface area is 171 Å². The van der Waals surface area contributed by atoms with Gasteiger partial charge in [0.25, 0.3) is 0 Å². The van der Waals surface area contributed by atoms with Crippen LogP contribution in [0, 0.1) is 0 Å². The third-order valence-corrected chi connectivity index (χ3v) is 5.93. The number of carbonyl (C=O) groups excluding carboxylic acids is 1. The normalized spacial score (nSPS) is 20.6. The van der Waals surface area contributed by atoms with Crippen LogP contribution in [0.5, 0.6) is 17.4 Å². The van der Waals surface area contributed by atoms with Gasteiger partial charge in [0.2, 0.25) is 11.8 Å². The van der Waals surface area contributed by atoms with Crippen molar-refractivity contribution < 1.29 is 14.3 Å². The summed E-state index contributed by atoms with van der Waals surface area (Å²) in [5.74, 6) is 2.17. The van der Waals surface area contributed by atoms with Gasteiger partial charge in [-0.3, -0.25) is 14.7 Å². The van der Waals surface area contributed by atoms with E-state index in [-0.39, 0.29) is 11.9 Å². The second-order valence-corrected chi connectivity index (χ2v) is 7.69. The molecule has 3 heterocycles. The Morgan fingerprint density at radius 2 is 1.76 bits per heavy atom. The third kappa shape index (κ3) is 4.50. The van der Waals surface area contributed by atoms with Crippen molar-refractivity contribution in [3.8, 4) is 17.4 Å². The molecular formula is C22H28N4O3. The highest BCUT2D eigenvalue weighted by molar-refractivity contribution is 5.73. The van der Waals surface area contributed by atoms with Gasteiger partial charge in [0.05, 0.1) is 31.2 Å². The zero-order valence-electron chi connectivity index (χ0n) is 17.1. The number of methoxy groups -OCH3 is 1. The maximum Gasteiger partial charge on any atom is 0.238 e. The summed E-state index contributed by atoms with van der Waals surface area (Å²) < 4.78 is 11.1. The molecule has 0 radical (unpaired) electrons. The standard InChI is InChI=1S/C22H28N4O3/c1-16(27)25-12-9-17(10-13-25)26-11-3-4-21(26)20-14-23-15-22(24-20)29-19-7-5-18(28-2)6-8-19/h5-8,14-15,17,21H,3-4,9-13H2,1-2H3/t21-/m0/s1. The number of hydrogen-bond donors (Lipinski definition) is 0. The number of benzene rings is 1. The Hall–Kier alpha value is -2.67. The van der Waals surface area contributed by atoms with Crippen molar-refractivity contribution in [2.24, 2.45) is 0 Å². The lowest BCUT2D eigenvalue weighted by atomic mass is 10.0. The number of likely N-dealkylation sites (tertiary alicyclic amines) is 2. The van der Waals surface area contributed by atoms with E-state index < -0.39 is 0 Å². The number of ether oxygens (including phenoxy) is 2. The van der Waals surface area contributed by atoms with Crippen molar-refractivity contribution in [2.75, 3.05) is 26.7 Å². The van der Waals surface area contributed by atoms with Crippen LogP contribution in [0.25, 0.3) is 0 Å². The molecule has 1 aromatic carbocycles. The lowest BCUT2D eigenvalue weighted by Gasteiger charge is -2.39. The zero-order chi connectivity index (χ0) is 20.2. The molecule has 2 saturated heterocycles. The molecule has 2 aliphatic rings. The average Bonchev–Trinajstić information content (AvgIpc) is 3.24. The van der Waals surface area contributed by atoms with E-state index in [9.17, 15) is 4.79 Å². The second-order valence-electron chi connectivity index (χ2n) is 7.69. The molecule has 2 aliphatic heterocycles. The maximum absolute atomic E-state index is 11.6. The molecule has 0 aliphatic carbocycles. The summed E-state index contributed by atoms with van der Waals surface area (Å²) >= 11 is 0. The summed E-state index contributed by atoms with van der Waals surface area (Å²) in [5.41, 5.74) is 0.961. The molecule has 0 unspecified atom stereocenters. The van der Waals surface area contributed by atoms with E-state index >= 15 is 0 Å². The molecule has 7 heteroatoms. The lowest BCUT2D eigenvalue weighted by Crippen LogP contribution is -2.46. The highest BCUT2D eigenvalue weighted by Gasteiger charge is 2.35. The summed E-state index contributed by atoms with van der Waals surface area (Å²) in [6.45, 7) is 4.41. The van der Waals surface area contributed by atoms with Crippen molar-refractivity contribution >= 4 is 5.91 Å². The topological polar surface area (TPSA) is 67.8 Å². The first-order valence-electron chi connectivity index (χ1n) is 10.3. The quantitative estimate of drug-likeness (QED) is 0.771. The monoisotopic (exact) mass is 396 g/mol. The number of rotatable bonds is 5. The minimum absolute atomic E-state index is 0.177. The van der Waals surface area contributed by atoms with Crippen LogP contribution < -0.4 is 9.47 Å². The molecule has 1 atom stereocenters. The van der Waals surface area contributed by atoms with Gasteiger partial charge in [-0.2, -0.15) is 0 Å². The summed E-state index contributed by atoms with van der Waals surface area (Å²) in [6.07, 6.45) is 7.78. The van der Waals surface area contributed by atoms with E-state index in [2.05, 4.69) is 9.88 Å². The van der Waals surface area contributed by atoms with Crippen LogP contribution in [0.15, 0.2) is 36.7 Å². The highest BCUT2D eigenvalue weighted by atomic mass is 16.5. The van der Waals surface area contributed by atoms with Crippen molar-refractivity contribution in [3.05, 3.63) is 42.4 Å². The van der Waals surface area contributed by atoms with E-state index in [0.29, 0.717) is 17.7 Å². The minimum atomic E-state index is 0.177. The van der Waals surface area contributed by atoms with Gasteiger partial charge in [0.1, 0.15) is 11.5 Å². The molecule has 2 aromatic rings. The SMILES string of the molecule is COc1ccc(Oc2cncc([C@@H]3CCCN3C3CCN(C(C)=O)CC3)n2)cc1. The molecule has 0 bridgehead atoms. The van der Waals surface area contributed by atoms with Crippen LogP contribution in [0.2, 0.25) is 0 Å². The van der Waals surface area contributed by atoms with E-state index in [4.69, 9.17) is 14.5 Å². The molecule has 2 fully saturated rings. The molecule has 0 N–H and O–H groups in total. The van der Waals surface area contributed by atoms with Gasteiger partial charge in [0.15, 0.2) is 0 Å². The fraction of sp³-hybridized carbons (Fsp3) is 0.500. The Morgan fingerprint density at radius 1 is 1.03 bits per heavy atom.